The van der Waals surface area contributed by atoms with Gasteiger partial charge in [-0.3, -0.25) is 0 Å². The minimum atomic E-state index is 0.575. The average molecular weight is 254 g/mol. The van der Waals surface area contributed by atoms with Gasteiger partial charge in [-0.2, -0.15) is 0 Å². The highest BCUT2D eigenvalue weighted by molar-refractivity contribution is 9.10. The van der Waals surface area contributed by atoms with Gasteiger partial charge in [0.15, 0.2) is 0 Å². The Bertz CT molecular complexity index is 335. The third-order valence-electron chi connectivity index (χ3n) is 3.32. The van der Waals surface area contributed by atoms with E-state index >= 15 is 0 Å². The molecule has 1 aromatic rings. The molecule has 1 aromatic carbocycles. The second-order valence-electron chi connectivity index (χ2n) is 4.03. The van der Waals surface area contributed by atoms with Crippen LogP contribution in [0.4, 0.5) is 0 Å². The van der Waals surface area contributed by atoms with Crippen molar-refractivity contribution in [1.82, 2.24) is 5.32 Å². The Kier molecular flexibility index (Phi) is 2.93. The summed E-state index contributed by atoms with van der Waals surface area (Å²) in [4.78, 5) is 0. The molecule has 0 amide bonds. The molecule has 1 nitrogen and oxygen atoms in total. The van der Waals surface area contributed by atoms with Crippen LogP contribution in [0.3, 0.4) is 0 Å². The predicted molar refractivity (Wildman–Crippen MR) is 63.7 cm³/mol. The lowest BCUT2D eigenvalue weighted by Crippen LogP contribution is -2.27. The van der Waals surface area contributed by atoms with Gasteiger partial charge in [0.25, 0.3) is 0 Å². The van der Waals surface area contributed by atoms with Crippen LogP contribution >= 0.6 is 15.9 Å². The molecule has 1 aliphatic carbocycles. The van der Waals surface area contributed by atoms with Crippen LogP contribution in [0.25, 0.3) is 0 Å². The van der Waals surface area contributed by atoms with E-state index in [0.29, 0.717) is 12.0 Å². The molecule has 2 atom stereocenters. The van der Waals surface area contributed by atoms with Crippen molar-refractivity contribution < 1.29 is 0 Å². The molecule has 2 unspecified atom stereocenters. The molecule has 0 bridgehead atoms. The molecule has 1 N–H and O–H groups in total. The number of likely N-dealkylation sites (N-methyl/N-ethyl adjacent to an activating group) is 1. The molecule has 1 aliphatic rings. The Morgan fingerprint density at radius 1 is 1.50 bits per heavy atom. The van der Waals surface area contributed by atoms with Crippen LogP contribution in [0.5, 0.6) is 0 Å². The third kappa shape index (κ3) is 1.61. The monoisotopic (exact) mass is 253 g/mol. The number of nitrogens with one attached hydrogen (secondary N) is 1. The van der Waals surface area contributed by atoms with Crippen molar-refractivity contribution in [2.45, 2.75) is 31.7 Å². The predicted octanol–water partition coefficient (Wildman–Crippen LogP) is 3.09. The third-order valence-corrected chi connectivity index (χ3v) is 4.06. The van der Waals surface area contributed by atoms with Gasteiger partial charge in [-0.1, -0.05) is 28.1 Å². The summed E-state index contributed by atoms with van der Waals surface area (Å²) >= 11 is 3.63. The molecular weight excluding hydrogens is 238 g/mol. The van der Waals surface area contributed by atoms with Crippen molar-refractivity contribution in [3.05, 3.63) is 33.8 Å². The Balaban J connectivity index is 2.35. The summed E-state index contributed by atoms with van der Waals surface area (Å²) in [6.45, 7) is 2.26. The van der Waals surface area contributed by atoms with Crippen LogP contribution in [0, 0.1) is 0 Å². The zero-order valence-corrected chi connectivity index (χ0v) is 10.3. The summed E-state index contributed by atoms with van der Waals surface area (Å²) in [6, 6.07) is 7.13. The van der Waals surface area contributed by atoms with Gasteiger partial charge >= 0.3 is 0 Å². The van der Waals surface area contributed by atoms with E-state index in [9.17, 15) is 0 Å². The minimum Gasteiger partial charge on any atom is -0.317 e. The van der Waals surface area contributed by atoms with E-state index < -0.39 is 0 Å². The lowest BCUT2D eigenvalue weighted by Gasteiger charge is -2.19. The van der Waals surface area contributed by atoms with Gasteiger partial charge in [0.2, 0.25) is 0 Å². The van der Waals surface area contributed by atoms with E-state index in [2.05, 4.69) is 46.4 Å². The van der Waals surface area contributed by atoms with Crippen LogP contribution in [0.2, 0.25) is 0 Å². The second kappa shape index (κ2) is 4.03. The molecule has 0 radical (unpaired) electrons. The van der Waals surface area contributed by atoms with Gasteiger partial charge in [-0.05, 0) is 49.9 Å². The molecule has 2 rings (SSSR count). The summed E-state index contributed by atoms with van der Waals surface area (Å²) in [5.41, 5.74) is 3.04. The molecular formula is C12H16BrN. The molecule has 0 heterocycles. The van der Waals surface area contributed by atoms with Crippen molar-refractivity contribution in [3.8, 4) is 0 Å². The highest BCUT2D eigenvalue weighted by Crippen LogP contribution is 2.38. The molecule has 0 saturated carbocycles. The number of rotatable bonds is 2. The molecule has 0 fully saturated rings. The molecule has 76 valence electrons. The summed E-state index contributed by atoms with van der Waals surface area (Å²) < 4.78 is 1.28. The summed E-state index contributed by atoms with van der Waals surface area (Å²) in [5.74, 6) is 0.687. The minimum absolute atomic E-state index is 0.575. The average Bonchev–Trinajstić information content (AvgIpc) is 2.62. The van der Waals surface area contributed by atoms with Gasteiger partial charge in [0.1, 0.15) is 0 Å². The Morgan fingerprint density at radius 2 is 2.29 bits per heavy atom. The van der Waals surface area contributed by atoms with Gasteiger partial charge < -0.3 is 5.32 Å². The lowest BCUT2D eigenvalue weighted by atomic mass is 9.94. The molecule has 0 aromatic heterocycles. The maximum atomic E-state index is 3.63. The molecule has 0 spiro atoms. The van der Waals surface area contributed by atoms with E-state index in [4.69, 9.17) is 0 Å². The van der Waals surface area contributed by atoms with Crippen LogP contribution in [-0.4, -0.2) is 13.1 Å². The number of fused-ring (bicyclic) bond motifs is 1. The molecule has 0 aliphatic heterocycles. The highest BCUT2D eigenvalue weighted by Gasteiger charge is 2.27. The smallest absolute Gasteiger partial charge is 0.0210 e. The maximum Gasteiger partial charge on any atom is 0.0210 e. The Labute approximate surface area is 94.0 Å². The van der Waals surface area contributed by atoms with Crippen molar-refractivity contribution >= 4 is 15.9 Å². The summed E-state index contributed by atoms with van der Waals surface area (Å²) in [7, 11) is 2.04. The number of hydrogen-bond acceptors (Lipinski definition) is 1. The second-order valence-corrected chi connectivity index (χ2v) is 4.88. The van der Waals surface area contributed by atoms with Gasteiger partial charge in [-0.15, -0.1) is 0 Å². The lowest BCUT2D eigenvalue weighted by molar-refractivity contribution is 0.492. The first kappa shape index (κ1) is 10.2. The van der Waals surface area contributed by atoms with Crippen molar-refractivity contribution in [1.29, 1.82) is 0 Å². The van der Waals surface area contributed by atoms with E-state index in [1.54, 1.807) is 0 Å². The zero-order chi connectivity index (χ0) is 10.1. The van der Waals surface area contributed by atoms with Crippen LogP contribution in [-0.2, 0) is 6.42 Å². The Hall–Kier alpha value is -0.340. The fourth-order valence-corrected chi connectivity index (χ4v) is 2.94. The van der Waals surface area contributed by atoms with Crippen LogP contribution in [0.1, 0.15) is 30.4 Å². The first-order chi connectivity index (χ1) is 6.74. The zero-order valence-electron chi connectivity index (χ0n) is 8.68. The normalized spacial score (nSPS) is 22.1. The van der Waals surface area contributed by atoms with Crippen molar-refractivity contribution in [2.75, 3.05) is 7.05 Å². The fourth-order valence-electron chi connectivity index (χ4n) is 2.36. The highest BCUT2D eigenvalue weighted by atomic mass is 79.9. The molecule has 14 heavy (non-hydrogen) atoms. The molecule has 0 saturated heterocycles. The summed E-state index contributed by atoms with van der Waals surface area (Å²) in [6.07, 6.45) is 2.49. The number of halogens is 1. The van der Waals surface area contributed by atoms with E-state index in [1.165, 1.54) is 28.4 Å². The van der Waals surface area contributed by atoms with Gasteiger partial charge in [0, 0.05) is 10.5 Å². The first-order valence-electron chi connectivity index (χ1n) is 5.18. The fraction of sp³-hybridized carbons (Fsp3) is 0.500. The SMILES string of the molecule is CNC(C)C1CCc2c(Br)cccc21. The number of hydrogen-bond donors (Lipinski definition) is 1. The summed E-state index contributed by atoms with van der Waals surface area (Å²) in [5, 5.41) is 3.35. The largest absolute Gasteiger partial charge is 0.317 e. The van der Waals surface area contributed by atoms with E-state index in [1.807, 2.05) is 7.05 Å². The topological polar surface area (TPSA) is 12.0 Å². The van der Waals surface area contributed by atoms with Gasteiger partial charge in [0.05, 0.1) is 0 Å². The molecule has 2 heteroatoms. The standard InChI is InChI=1S/C12H16BrN/c1-8(14-2)9-6-7-11-10(9)4-3-5-12(11)13/h3-5,8-9,14H,6-7H2,1-2H3. The van der Waals surface area contributed by atoms with E-state index in [0.717, 1.165) is 0 Å². The first-order valence-corrected chi connectivity index (χ1v) is 5.98. The van der Waals surface area contributed by atoms with E-state index in [-0.39, 0.29) is 0 Å². The maximum absolute atomic E-state index is 3.63. The van der Waals surface area contributed by atoms with Crippen molar-refractivity contribution in [2.24, 2.45) is 0 Å². The quantitative estimate of drug-likeness (QED) is 0.855. The van der Waals surface area contributed by atoms with Crippen LogP contribution in [0.15, 0.2) is 22.7 Å². The van der Waals surface area contributed by atoms with Crippen LogP contribution < -0.4 is 5.32 Å². The number of benzene rings is 1. The van der Waals surface area contributed by atoms with Crippen molar-refractivity contribution in [3.63, 3.8) is 0 Å². The Morgan fingerprint density at radius 3 is 3.00 bits per heavy atom. The van der Waals surface area contributed by atoms with Gasteiger partial charge in [-0.25, -0.2) is 0 Å².